The quantitative estimate of drug-likeness (QED) is 0.356. The molecule has 7 heteroatoms. The fourth-order valence-corrected chi connectivity index (χ4v) is 1.23. The minimum Gasteiger partial charge on any atom is -0.490 e. The summed E-state index contributed by atoms with van der Waals surface area (Å²) in [4.78, 5) is 21.3. The third-order valence-electron chi connectivity index (χ3n) is 1.99. The summed E-state index contributed by atoms with van der Waals surface area (Å²) in [6, 6.07) is 2.60. The highest BCUT2D eigenvalue weighted by atomic mass is 16.6. The van der Waals surface area contributed by atoms with E-state index in [0.29, 0.717) is 0 Å². The fourth-order valence-electron chi connectivity index (χ4n) is 1.23. The number of nitrogens with zero attached hydrogens (tertiary/aromatic N) is 1. The fraction of sp³-hybridized carbons (Fsp3) is 0.222. The predicted molar refractivity (Wildman–Crippen MR) is 55.4 cm³/mol. The highest BCUT2D eigenvalue weighted by molar-refractivity contribution is 5.98. The van der Waals surface area contributed by atoms with Crippen molar-refractivity contribution < 1.29 is 19.2 Å². The van der Waals surface area contributed by atoms with E-state index in [1.165, 1.54) is 19.2 Å². The number of nitrogen functional groups attached to an aromatic ring is 1. The molecule has 0 aromatic heterocycles. The molecule has 0 amide bonds. The van der Waals surface area contributed by atoms with E-state index < -0.39 is 16.6 Å². The van der Waals surface area contributed by atoms with Crippen molar-refractivity contribution in [3.05, 3.63) is 27.8 Å². The monoisotopic (exact) mass is 226 g/mol. The van der Waals surface area contributed by atoms with Crippen LogP contribution in [0.3, 0.4) is 0 Å². The zero-order chi connectivity index (χ0) is 12.3. The lowest BCUT2D eigenvalue weighted by Crippen LogP contribution is -2.08. The molecule has 7 nitrogen and oxygen atoms in total. The normalized spacial score (nSPS) is 9.62. The Morgan fingerprint density at radius 1 is 1.44 bits per heavy atom. The van der Waals surface area contributed by atoms with E-state index in [-0.39, 0.29) is 17.0 Å². The Hall–Kier alpha value is -2.31. The predicted octanol–water partition coefficient (Wildman–Crippen LogP) is 0.972. The summed E-state index contributed by atoms with van der Waals surface area (Å²) in [6.07, 6.45) is 0. The van der Waals surface area contributed by atoms with Gasteiger partial charge in [-0.2, -0.15) is 0 Å². The molecule has 1 aromatic rings. The average Bonchev–Trinajstić information content (AvgIpc) is 2.26. The third kappa shape index (κ3) is 1.88. The zero-order valence-corrected chi connectivity index (χ0v) is 8.72. The van der Waals surface area contributed by atoms with E-state index in [1.807, 2.05) is 0 Å². The molecule has 2 N–H and O–H groups in total. The smallest absolute Gasteiger partial charge is 0.340 e. The maximum atomic E-state index is 11.2. The second-order valence-corrected chi connectivity index (χ2v) is 2.83. The van der Waals surface area contributed by atoms with Gasteiger partial charge in [0.25, 0.3) is 0 Å². The Morgan fingerprint density at radius 3 is 2.50 bits per heavy atom. The van der Waals surface area contributed by atoms with Crippen LogP contribution in [0.15, 0.2) is 12.1 Å². The van der Waals surface area contributed by atoms with Crippen molar-refractivity contribution in [1.29, 1.82) is 0 Å². The summed E-state index contributed by atoms with van der Waals surface area (Å²) < 4.78 is 9.23. The van der Waals surface area contributed by atoms with E-state index in [4.69, 9.17) is 10.5 Å². The molecular formula is C9H10N2O5. The molecule has 0 heterocycles. The van der Waals surface area contributed by atoms with Crippen LogP contribution >= 0.6 is 0 Å². The van der Waals surface area contributed by atoms with Gasteiger partial charge in [-0.15, -0.1) is 0 Å². The molecule has 0 fully saturated rings. The first-order valence-corrected chi connectivity index (χ1v) is 4.22. The first kappa shape index (κ1) is 11.8. The molecule has 0 aliphatic heterocycles. The van der Waals surface area contributed by atoms with Crippen molar-refractivity contribution in [3.63, 3.8) is 0 Å². The Balaban J connectivity index is 3.43. The summed E-state index contributed by atoms with van der Waals surface area (Å²) in [5.74, 6) is -0.738. The molecule has 0 saturated heterocycles. The van der Waals surface area contributed by atoms with Gasteiger partial charge < -0.3 is 15.2 Å². The maximum absolute atomic E-state index is 11.2. The number of anilines is 1. The van der Waals surface area contributed by atoms with E-state index in [2.05, 4.69) is 4.74 Å². The number of carbonyl (C=O) groups is 1. The van der Waals surface area contributed by atoms with E-state index in [0.717, 1.165) is 7.11 Å². The summed E-state index contributed by atoms with van der Waals surface area (Å²) in [5.41, 5.74) is 4.75. The Labute approximate surface area is 90.9 Å². The molecule has 86 valence electrons. The highest BCUT2D eigenvalue weighted by Gasteiger charge is 2.25. The van der Waals surface area contributed by atoms with Gasteiger partial charge in [0.15, 0.2) is 5.75 Å². The molecule has 1 rings (SSSR count). The van der Waals surface area contributed by atoms with Gasteiger partial charge >= 0.3 is 11.7 Å². The van der Waals surface area contributed by atoms with E-state index in [9.17, 15) is 14.9 Å². The molecule has 16 heavy (non-hydrogen) atoms. The lowest BCUT2D eigenvalue weighted by atomic mass is 10.1. The molecule has 0 saturated carbocycles. The SMILES string of the molecule is COC(=O)c1ccc(OC)c([N+](=O)[O-])c1N. The van der Waals surface area contributed by atoms with Crippen LogP contribution in [0.5, 0.6) is 5.75 Å². The molecule has 1 aromatic carbocycles. The van der Waals surface area contributed by atoms with Crippen molar-refractivity contribution in [1.82, 2.24) is 0 Å². The van der Waals surface area contributed by atoms with Crippen LogP contribution in [0.25, 0.3) is 0 Å². The van der Waals surface area contributed by atoms with Crippen LogP contribution in [-0.4, -0.2) is 25.1 Å². The molecule has 0 spiro atoms. The summed E-state index contributed by atoms with van der Waals surface area (Å²) in [5, 5.41) is 10.8. The van der Waals surface area contributed by atoms with Gasteiger partial charge in [0.2, 0.25) is 0 Å². The van der Waals surface area contributed by atoms with Crippen LogP contribution in [0.1, 0.15) is 10.4 Å². The Morgan fingerprint density at radius 2 is 2.06 bits per heavy atom. The van der Waals surface area contributed by atoms with Gasteiger partial charge in [-0.05, 0) is 12.1 Å². The lowest BCUT2D eigenvalue weighted by molar-refractivity contribution is -0.384. The zero-order valence-electron chi connectivity index (χ0n) is 8.72. The highest BCUT2D eigenvalue weighted by Crippen LogP contribution is 2.35. The van der Waals surface area contributed by atoms with Crippen molar-refractivity contribution in [3.8, 4) is 5.75 Å². The lowest BCUT2D eigenvalue weighted by Gasteiger charge is -2.07. The number of methoxy groups -OCH3 is 2. The number of hydrogen-bond donors (Lipinski definition) is 1. The molecule has 0 atom stereocenters. The second-order valence-electron chi connectivity index (χ2n) is 2.83. The number of carbonyl (C=O) groups excluding carboxylic acids is 1. The van der Waals surface area contributed by atoms with Gasteiger partial charge in [-0.3, -0.25) is 10.1 Å². The minimum absolute atomic E-state index is 0.00449. The number of rotatable bonds is 3. The molecule has 0 bridgehead atoms. The van der Waals surface area contributed by atoms with Crippen LogP contribution in [0.4, 0.5) is 11.4 Å². The average molecular weight is 226 g/mol. The van der Waals surface area contributed by atoms with Gasteiger partial charge in [0.05, 0.1) is 24.7 Å². The van der Waals surface area contributed by atoms with Crippen LogP contribution in [0.2, 0.25) is 0 Å². The van der Waals surface area contributed by atoms with Crippen LogP contribution in [0, 0.1) is 10.1 Å². The van der Waals surface area contributed by atoms with Crippen molar-refractivity contribution in [2.45, 2.75) is 0 Å². The minimum atomic E-state index is -0.733. The van der Waals surface area contributed by atoms with Gasteiger partial charge in [0, 0.05) is 0 Å². The van der Waals surface area contributed by atoms with Gasteiger partial charge in [0.1, 0.15) is 5.69 Å². The topological polar surface area (TPSA) is 105 Å². The summed E-state index contributed by atoms with van der Waals surface area (Å²) in [7, 11) is 2.44. The largest absolute Gasteiger partial charge is 0.490 e. The summed E-state index contributed by atoms with van der Waals surface area (Å²) >= 11 is 0. The Kier molecular flexibility index (Phi) is 3.29. The first-order chi connectivity index (χ1) is 7.52. The second kappa shape index (κ2) is 4.47. The van der Waals surface area contributed by atoms with E-state index >= 15 is 0 Å². The molecule has 0 radical (unpaired) electrons. The number of nitro benzene ring substituents is 1. The van der Waals surface area contributed by atoms with Gasteiger partial charge in [-0.25, -0.2) is 4.79 Å². The van der Waals surface area contributed by atoms with Crippen molar-refractivity contribution >= 4 is 17.3 Å². The first-order valence-electron chi connectivity index (χ1n) is 4.22. The van der Waals surface area contributed by atoms with Crippen LogP contribution < -0.4 is 10.5 Å². The molecule has 0 unspecified atom stereocenters. The Bertz CT molecular complexity index is 444. The molecule has 0 aliphatic rings. The van der Waals surface area contributed by atoms with E-state index in [1.54, 1.807) is 0 Å². The molecule has 0 aliphatic carbocycles. The van der Waals surface area contributed by atoms with Crippen molar-refractivity contribution in [2.24, 2.45) is 0 Å². The van der Waals surface area contributed by atoms with Gasteiger partial charge in [-0.1, -0.05) is 0 Å². The van der Waals surface area contributed by atoms with Crippen LogP contribution in [-0.2, 0) is 4.74 Å². The van der Waals surface area contributed by atoms with Crippen molar-refractivity contribution in [2.75, 3.05) is 20.0 Å². The number of esters is 1. The summed E-state index contributed by atoms with van der Waals surface area (Å²) in [6.45, 7) is 0. The number of nitro groups is 1. The number of benzene rings is 1. The number of hydrogen-bond acceptors (Lipinski definition) is 6. The maximum Gasteiger partial charge on any atom is 0.340 e. The number of nitrogens with two attached hydrogens (primary N) is 1. The number of ether oxygens (including phenoxy) is 2. The molecular weight excluding hydrogens is 216 g/mol. The third-order valence-corrected chi connectivity index (χ3v) is 1.99. The standard InChI is InChI=1S/C9H10N2O5/c1-15-6-4-3-5(9(12)16-2)7(10)8(6)11(13)14/h3-4H,10H2,1-2H3.